The predicted molar refractivity (Wildman–Crippen MR) is 57.4 cm³/mol. The molecule has 0 radical (unpaired) electrons. The molecule has 0 aliphatic heterocycles. The molecule has 0 fully saturated rings. The molecule has 0 amide bonds. The van der Waals surface area contributed by atoms with Crippen molar-refractivity contribution in [3.63, 3.8) is 0 Å². The van der Waals surface area contributed by atoms with Gasteiger partial charge in [-0.05, 0) is 36.9 Å². The fraction of sp³-hybridized carbons (Fsp3) is 0.300. The number of imidazole rings is 1. The van der Waals surface area contributed by atoms with Crippen molar-refractivity contribution >= 4 is 22.8 Å². The molecule has 0 aliphatic carbocycles. The lowest BCUT2D eigenvalue weighted by Crippen LogP contribution is -1.98. The molecule has 16 heavy (non-hydrogen) atoms. The van der Waals surface area contributed by atoms with Crippen LogP contribution in [0.2, 0.25) is 0 Å². The second-order valence-electron chi connectivity index (χ2n) is 3.42. The summed E-state index contributed by atoms with van der Waals surface area (Å²) in [7, 11) is 1.83. The number of rotatable bonds is 1. The lowest BCUT2D eigenvalue weighted by atomic mass is 10.3. The van der Waals surface area contributed by atoms with E-state index in [0.717, 1.165) is 11.3 Å². The first-order chi connectivity index (χ1) is 7.37. The van der Waals surface area contributed by atoms with Crippen LogP contribution < -0.4 is 0 Å². The number of fused-ring (bicyclic) bond motifs is 1. The topological polar surface area (TPSA) is 17.8 Å². The summed E-state index contributed by atoms with van der Waals surface area (Å²) in [4.78, 5) is 4.35. The fourth-order valence-electron chi connectivity index (χ4n) is 1.50. The van der Waals surface area contributed by atoms with Gasteiger partial charge in [0.15, 0.2) is 0 Å². The second kappa shape index (κ2) is 3.69. The minimum Gasteiger partial charge on any atom is -0.331 e. The van der Waals surface area contributed by atoms with Crippen LogP contribution in [0, 0.1) is 6.92 Å². The number of hydrogen-bond acceptors (Lipinski definition) is 2. The number of hydrogen-bond donors (Lipinski definition) is 0. The summed E-state index contributed by atoms with van der Waals surface area (Å²) in [6, 6.07) is 4.57. The standard InChI is InChI=1S/C10H9F3N2S/c1-6-14-8-5-7(16-10(11,12)13)3-4-9(8)15(6)2/h3-5H,1-2H3. The van der Waals surface area contributed by atoms with E-state index in [4.69, 9.17) is 0 Å². The summed E-state index contributed by atoms with van der Waals surface area (Å²) in [5.74, 6) is 0.782. The van der Waals surface area contributed by atoms with E-state index in [1.807, 2.05) is 18.5 Å². The molecule has 0 aliphatic rings. The molecule has 0 spiro atoms. The quantitative estimate of drug-likeness (QED) is 0.717. The highest BCUT2D eigenvalue weighted by atomic mass is 32.2. The van der Waals surface area contributed by atoms with Gasteiger partial charge < -0.3 is 4.57 Å². The average molecular weight is 246 g/mol. The molecule has 6 heteroatoms. The van der Waals surface area contributed by atoms with Crippen LogP contribution >= 0.6 is 11.8 Å². The normalized spacial score (nSPS) is 12.3. The molecule has 1 heterocycles. The number of nitrogens with zero attached hydrogens (tertiary/aromatic N) is 2. The summed E-state index contributed by atoms with van der Waals surface area (Å²) >= 11 is -0.119. The van der Waals surface area contributed by atoms with Crippen molar-refractivity contribution in [3.8, 4) is 0 Å². The summed E-state index contributed by atoms with van der Waals surface area (Å²) in [6.07, 6.45) is 0. The van der Waals surface area contributed by atoms with E-state index in [1.165, 1.54) is 12.1 Å². The Morgan fingerprint density at radius 1 is 1.31 bits per heavy atom. The molecular weight excluding hydrogens is 237 g/mol. The molecule has 0 atom stereocenters. The Bertz CT molecular complexity index is 531. The molecule has 1 aromatic carbocycles. The van der Waals surface area contributed by atoms with Crippen molar-refractivity contribution in [2.24, 2.45) is 7.05 Å². The van der Waals surface area contributed by atoms with Gasteiger partial charge in [0.25, 0.3) is 0 Å². The number of aromatic nitrogens is 2. The zero-order valence-corrected chi connectivity index (χ0v) is 9.49. The van der Waals surface area contributed by atoms with E-state index in [1.54, 1.807) is 6.07 Å². The average Bonchev–Trinajstić information content (AvgIpc) is 2.40. The highest BCUT2D eigenvalue weighted by Crippen LogP contribution is 2.37. The largest absolute Gasteiger partial charge is 0.446 e. The first-order valence-corrected chi connectivity index (χ1v) is 5.37. The summed E-state index contributed by atoms with van der Waals surface area (Å²) in [5.41, 5.74) is -2.82. The number of halogens is 3. The third-order valence-electron chi connectivity index (χ3n) is 2.31. The van der Waals surface area contributed by atoms with Gasteiger partial charge in [-0.3, -0.25) is 0 Å². The van der Waals surface area contributed by atoms with Crippen LogP contribution in [0.15, 0.2) is 23.1 Å². The Morgan fingerprint density at radius 2 is 2.00 bits per heavy atom. The molecule has 2 rings (SSSR count). The van der Waals surface area contributed by atoms with Crippen LogP contribution in [-0.4, -0.2) is 15.1 Å². The van der Waals surface area contributed by atoms with Crippen molar-refractivity contribution in [1.82, 2.24) is 9.55 Å². The molecule has 86 valence electrons. The SMILES string of the molecule is Cc1nc2cc(SC(F)(F)F)ccc2n1C. The molecule has 1 aromatic heterocycles. The third-order valence-corrected chi connectivity index (χ3v) is 3.03. The van der Waals surface area contributed by atoms with E-state index in [0.29, 0.717) is 5.52 Å². The molecule has 0 saturated carbocycles. The van der Waals surface area contributed by atoms with E-state index in [-0.39, 0.29) is 16.7 Å². The molecule has 2 aromatic rings. The fourth-order valence-corrected chi connectivity index (χ4v) is 2.07. The third kappa shape index (κ3) is 2.16. The lowest BCUT2D eigenvalue weighted by Gasteiger charge is -2.05. The number of aryl methyl sites for hydroxylation is 2. The van der Waals surface area contributed by atoms with Gasteiger partial charge in [0.05, 0.1) is 11.0 Å². The highest BCUT2D eigenvalue weighted by molar-refractivity contribution is 8.00. The van der Waals surface area contributed by atoms with Gasteiger partial charge in [-0.2, -0.15) is 13.2 Å². The summed E-state index contributed by atoms with van der Waals surface area (Å²) in [6.45, 7) is 1.82. The smallest absolute Gasteiger partial charge is 0.331 e. The molecule has 0 saturated heterocycles. The first-order valence-electron chi connectivity index (χ1n) is 4.55. The monoisotopic (exact) mass is 246 g/mol. The van der Waals surface area contributed by atoms with Crippen LogP contribution in [-0.2, 0) is 7.05 Å². The van der Waals surface area contributed by atoms with Gasteiger partial charge >= 0.3 is 5.51 Å². The van der Waals surface area contributed by atoms with E-state index in [9.17, 15) is 13.2 Å². The summed E-state index contributed by atoms with van der Waals surface area (Å²) < 4.78 is 38.3. The summed E-state index contributed by atoms with van der Waals surface area (Å²) in [5, 5.41) is 0. The number of alkyl halides is 3. The molecule has 0 N–H and O–H groups in total. The van der Waals surface area contributed by atoms with E-state index < -0.39 is 5.51 Å². The maximum atomic E-state index is 12.2. The molecule has 0 unspecified atom stereocenters. The number of benzene rings is 1. The van der Waals surface area contributed by atoms with Crippen molar-refractivity contribution in [2.75, 3.05) is 0 Å². The minimum absolute atomic E-state index is 0.119. The van der Waals surface area contributed by atoms with Crippen molar-refractivity contribution in [1.29, 1.82) is 0 Å². The van der Waals surface area contributed by atoms with E-state index >= 15 is 0 Å². The zero-order chi connectivity index (χ0) is 11.9. The Balaban J connectivity index is 2.45. The maximum Gasteiger partial charge on any atom is 0.446 e. The van der Waals surface area contributed by atoms with Crippen molar-refractivity contribution in [3.05, 3.63) is 24.0 Å². The predicted octanol–water partition coefficient (Wildman–Crippen LogP) is 3.49. The van der Waals surface area contributed by atoms with Crippen molar-refractivity contribution in [2.45, 2.75) is 17.3 Å². The Morgan fingerprint density at radius 3 is 2.62 bits per heavy atom. The molecule has 2 nitrogen and oxygen atoms in total. The van der Waals surface area contributed by atoms with Crippen LogP contribution in [0.5, 0.6) is 0 Å². The number of thioether (sulfide) groups is 1. The molecular formula is C10H9F3N2S. The van der Waals surface area contributed by atoms with E-state index in [2.05, 4.69) is 4.98 Å². The van der Waals surface area contributed by atoms with Crippen LogP contribution in [0.4, 0.5) is 13.2 Å². The second-order valence-corrected chi connectivity index (χ2v) is 4.55. The first kappa shape index (κ1) is 11.3. The Kier molecular flexibility index (Phi) is 2.61. The lowest BCUT2D eigenvalue weighted by molar-refractivity contribution is -0.0328. The highest BCUT2D eigenvalue weighted by Gasteiger charge is 2.29. The van der Waals surface area contributed by atoms with Crippen LogP contribution in [0.3, 0.4) is 0 Å². The van der Waals surface area contributed by atoms with Crippen LogP contribution in [0.25, 0.3) is 11.0 Å². The maximum absolute atomic E-state index is 12.2. The van der Waals surface area contributed by atoms with Gasteiger partial charge in [-0.1, -0.05) is 0 Å². The van der Waals surface area contributed by atoms with Crippen LogP contribution in [0.1, 0.15) is 5.82 Å². The zero-order valence-electron chi connectivity index (χ0n) is 8.67. The Labute approximate surface area is 94.5 Å². The Hall–Kier alpha value is -1.17. The molecule has 0 bridgehead atoms. The van der Waals surface area contributed by atoms with Crippen molar-refractivity contribution < 1.29 is 13.2 Å². The van der Waals surface area contributed by atoms with Gasteiger partial charge in [-0.25, -0.2) is 4.98 Å². The minimum atomic E-state index is -4.25. The van der Waals surface area contributed by atoms with Gasteiger partial charge in [-0.15, -0.1) is 0 Å². The van der Waals surface area contributed by atoms with Gasteiger partial charge in [0.2, 0.25) is 0 Å². The van der Waals surface area contributed by atoms with Gasteiger partial charge in [0, 0.05) is 11.9 Å². The van der Waals surface area contributed by atoms with Gasteiger partial charge in [0.1, 0.15) is 5.82 Å².